The van der Waals surface area contributed by atoms with Gasteiger partial charge in [-0.1, -0.05) is 48.5 Å². The van der Waals surface area contributed by atoms with Crippen molar-refractivity contribution in [2.45, 2.75) is 25.3 Å². The van der Waals surface area contributed by atoms with Gasteiger partial charge >= 0.3 is 0 Å². The van der Waals surface area contributed by atoms with Gasteiger partial charge in [0.2, 0.25) is 0 Å². The number of carbonyl (C=O) groups is 1. The van der Waals surface area contributed by atoms with E-state index in [0.717, 1.165) is 18.4 Å². The third-order valence-electron chi connectivity index (χ3n) is 4.36. The molecule has 0 aliphatic carbocycles. The standard InChI is InChI=1S/C19H21NO3S/c21-19(20-17-12-13-24(22,23)14-17)18-9-5-4-8-16(18)11-10-15-6-2-1-3-7-15/h1-9,17H,10-14H2,(H,20,21)/t17-/m1/s1. The van der Waals surface area contributed by atoms with Gasteiger partial charge in [0.25, 0.3) is 5.91 Å². The number of amides is 1. The van der Waals surface area contributed by atoms with Crippen LogP contribution in [-0.4, -0.2) is 31.9 Å². The highest BCUT2D eigenvalue weighted by Gasteiger charge is 2.29. The van der Waals surface area contributed by atoms with Gasteiger partial charge in [-0.25, -0.2) is 8.42 Å². The van der Waals surface area contributed by atoms with Gasteiger partial charge in [-0.2, -0.15) is 0 Å². The Morgan fingerprint density at radius 3 is 2.42 bits per heavy atom. The molecule has 1 fully saturated rings. The Bertz CT molecular complexity index is 816. The average molecular weight is 343 g/mol. The predicted molar refractivity (Wildman–Crippen MR) is 94.8 cm³/mol. The molecule has 0 aromatic heterocycles. The molecule has 2 aromatic carbocycles. The van der Waals surface area contributed by atoms with Crippen LogP contribution in [-0.2, 0) is 22.7 Å². The molecule has 5 heteroatoms. The first kappa shape index (κ1) is 16.7. The largest absolute Gasteiger partial charge is 0.348 e. The predicted octanol–water partition coefficient (Wildman–Crippen LogP) is 2.39. The maximum Gasteiger partial charge on any atom is 0.251 e. The number of sulfone groups is 1. The fourth-order valence-corrected chi connectivity index (χ4v) is 4.73. The van der Waals surface area contributed by atoms with Crippen molar-refractivity contribution in [3.63, 3.8) is 0 Å². The molecule has 0 radical (unpaired) electrons. The van der Waals surface area contributed by atoms with E-state index in [-0.39, 0.29) is 23.5 Å². The number of hydrogen-bond donors (Lipinski definition) is 1. The lowest BCUT2D eigenvalue weighted by Crippen LogP contribution is -2.36. The van der Waals surface area contributed by atoms with Gasteiger partial charge in [0, 0.05) is 11.6 Å². The maximum absolute atomic E-state index is 12.5. The van der Waals surface area contributed by atoms with Crippen molar-refractivity contribution in [2.75, 3.05) is 11.5 Å². The van der Waals surface area contributed by atoms with Crippen LogP contribution < -0.4 is 5.32 Å². The summed E-state index contributed by atoms with van der Waals surface area (Å²) in [4.78, 5) is 12.5. The summed E-state index contributed by atoms with van der Waals surface area (Å²) in [5, 5.41) is 2.87. The average Bonchev–Trinajstić information content (AvgIpc) is 2.92. The van der Waals surface area contributed by atoms with E-state index < -0.39 is 9.84 Å². The summed E-state index contributed by atoms with van der Waals surface area (Å²) in [5.74, 6) is 0.0270. The third kappa shape index (κ3) is 4.23. The second-order valence-corrected chi connectivity index (χ2v) is 8.44. The molecule has 24 heavy (non-hydrogen) atoms. The van der Waals surface area contributed by atoms with Crippen LogP contribution in [0.2, 0.25) is 0 Å². The second kappa shape index (κ2) is 7.18. The Morgan fingerprint density at radius 2 is 1.71 bits per heavy atom. The van der Waals surface area contributed by atoms with E-state index in [0.29, 0.717) is 12.0 Å². The van der Waals surface area contributed by atoms with E-state index in [1.807, 2.05) is 36.4 Å². The van der Waals surface area contributed by atoms with Gasteiger partial charge in [-0.15, -0.1) is 0 Å². The van der Waals surface area contributed by atoms with Crippen molar-refractivity contribution >= 4 is 15.7 Å². The molecule has 1 heterocycles. The first-order valence-corrected chi connectivity index (χ1v) is 9.99. The van der Waals surface area contributed by atoms with E-state index in [9.17, 15) is 13.2 Å². The highest BCUT2D eigenvalue weighted by atomic mass is 32.2. The molecule has 4 nitrogen and oxygen atoms in total. The Hall–Kier alpha value is -2.14. The minimum atomic E-state index is -2.99. The van der Waals surface area contributed by atoms with Crippen LogP contribution in [0.3, 0.4) is 0 Å². The minimum Gasteiger partial charge on any atom is -0.348 e. The molecule has 1 aliphatic heterocycles. The molecule has 1 atom stereocenters. The number of hydrogen-bond acceptors (Lipinski definition) is 3. The maximum atomic E-state index is 12.5. The second-order valence-electron chi connectivity index (χ2n) is 6.22. The Kier molecular flexibility index (Phi) is 5.00. The molecule has 1 N–H and O–H groups in total. The van der Waals surface area contributed by atoms with Crippen LogP contribution >= 0.6 is 0 Å². The van der Waals surface area contributed by atoms with Crippen molar-refractivity contribution in [1.82, 2.24) is 5.32 Å². The molecular weight excluding hydrogens is 322 g/mol. The molecule has 1 amide bonds. The van der Waals surface area contributed by atoms with Crippen molar-refractivity contribution in [1.29, 1.82) is 0 Å². The topological polar surface area (TPSA) is 63.2 Å². The summed E-state index contributed by atoms with van der Waals surface area (Å²) in [6.45, 7) is 0. The van der Waals surface area contributed by atoms with Gasteiger partial charge in [0.1, 0.15) is 0 Å². The SMILES string of the molecule is O=C(N[C@@H]1CCS(=O)(=O)C1)c1ccccc1CCc1ccccc1. The van der Waals surface area contributed by atoms with E-state index in [2.05, 4.69) is 17.4 Å². The van der Waals surface area contributed by atoms with E-state index in [1.165, 1.54) is 5.56 Å². The molecule has 0 saturated carbocycles. The van der Waals surface area contributed by atoms with E-state index in [4.69, 9.17) is 0 Å². The highest BCUT2D eigenvalue weighted by molar-refractivity contribution is 7.91. The summed E-state index contributed by atoms with van der Waals surface area (Å²) in [6.07, 6.45) is 2.14. The number of carbonyl (C=O) groups excluding carboxylic acids is 1. The van der Waals surface area contributed by atoms with Crippen LogP contribution in [0.1, 0.15) is 27.9 Å². The molecule has 126 valence electrons. The van der Waals surface area contributed by atoms with E-state index >= 15 is 0 Å². The molecule has 3 rings (SSSR count). The first-order valence-electron chi connectivity index (χ1n) is 8.17. The molecule has 0 spiro atoms. The monoisotopic (exact) mass is 343 g/mol. The smallest absolute Gasteiger partial charge is 0.251 e. The zero-order valence-electron chi connectivity index (χ0n) is 13.4. The zero-order chi connectivity index (χ0) is 17.0. The summed E-state index contributed by atoms with van der Waals surface area (Å²) in [6, 6.07) is 17.4. The van der Waals surface area contributed by atoms with Crippen LogP contribution in [0.25, 0.3) is 0 Å². The summed E-state index contributed by atoms with van der Waals surface area (Å²) < 4.78 is 23.1. The van der Waals surface area contributed by atoms with Crippen molar-refractivity contribution < 1.29 is 13.2 Å². The molecular formula is C19H21NO3S. The Balaban J connectivity index is 1.68. The van der Waals surface area contributed by atoms with Gasteiger partial charge < -0.3 is 5.32 Å². The van der Waals surface area contributed by atoms with Gasteiger partial charge in [0.15, 0.2) is 9.84 Å². The lowest BCUT2D eigenvalue weighted by atomic mass is 9.99. The van der Waals surface area contributed by atoms with Crippen molar-refractivity contribution in [2.24, 2.45) is 0 Å². The lowest BCUT2D eigenvalue weighted by Gasteiger charge is -2.14. The molecule has 0 unspecified atom stereocenters. The van der Waals surface area contributed by atoms with E-state index in [1.54, 1.807) is 6.07 Å². The highest BCUT2D eigenvalue weighted by Crippen LogP contribution is 2.16. The lowest BCUT2D eigenvalue weighted by molar-refractivity contribution is 0.0940. The number of nitrogens with one attached hydrogen (secondary N) is 1. The number of aryl methyl sites for hydroxylation is 2. The van der Waals surface area contributed by atoms with Crippen molar-refractivity contribution in [3.8, 4) is 0 Å². The quantitative estimate of drug-likeness (QED) is 0.907. The summed E-state index contributed by atoms with van der Waals surface area (Å²) >= 11 is 0. The van der Waals surface area contributed by atoms with Crippen molar-refractivity contribution in [3.05, 3.63) is 71.3 Å². The normalized spacial score (nSPS) is 19.1. The Labute approximate surface area is 142 Å². The van der Waals surface area contributed by atoms with Crippen LogP contribution in [0.15, 0.2) is 54.6 Å². The van der Waals surface area contributed by atoms with Gasteiger partial charge in [0.05, 0.1) is 11.5 Å². The van der Waals surface area contributed by atoms with Gasteiger partial charge in [-0.3, -0.25) is 4.79 Å². The fraction of sp³-hybridized carbons (Fsp3) is 0.316. The third-order valence-corrected chi connectivity index (χ3v) is 6.12. The van der Waals surface area contributed by atoms with Crippen LogP contribution in [0.4, 0.5) is 0 Å². The minimum absolute atomic E-state index is 0.0465. The molecule has 0 bridgehead atoms. The molecule has 1 aliphatic rings. The summed E-state index contributed by atoms with van der Waals surface area (Å²) in [7, 11) is -2.99. The molecule has 2 aromatic rings. The number of benzene rings is 2. The van der Waals surface area contributed by atoms with Crippen LogP contribution in [0, 0.1) is 0 Å². The van der Waals surface area contributed by atoms with Gasteiger partial charge in [-0.05, 0) is 36.5 Å². The fourth-order valence-electron chi connectivity index (χ4n) is 3.06. The first-order chi connectivity index (χ1) is 11.5. The number of rotatable bonds is 5. The molecule has 1 saturated heterocycles. The summed E-state index contributed by atoms with van der Waals surface area (Å²) in [5.41, 5.74) is 2.85. The van der Waals surface area contributed by atoms with Crippen LogP contribution in [0.5, 0.6) is 0 Å². The zero-order valence-corrected chi connectivity index (χ0v) is 14.3. The Morgan fingerprint density at radius 1 is 1.00 bits per heavy atom.